The molecule has 100 valence electrons. The van der Waals surface area contributed by atoms with Gasteiger partial charge in [0, 0.05) is 5.56 Å². The van der Waals surface area contributed by atoms with Gasteiger partial charge in [0.25, 0.3) is 0 Å². The van der Waals surface area contributed by atoms with E-state index in [4.69, 9.17) is 5.84 Å². The monoisotopic (exact) mass is 258 g/mol. The average Bonchev–Trinajstić information content (AvgIpc) is 2.34. The summed E-state index contributed by atoms with van der Waals surface area (Å²) in [5, 5.41) is 0. The lowest BCUT2D eigenvalue weighted by Crippen LogP contribution is -2.29. The number of nitrogens with two attached hydrogens (primary N) is 1. The van der Waals surface area contributed by atoms with Gasteiger partial charge in [0.05, 0.1) is 6.04 Å². The van der Waals surface area contributed by atoms with Crippen molar-refractivity contribution in [1.82, 2.24) is 5.43 Å². The zero-order valence-electron chi connectivity index (χ0n) is 11.5. The molecule has 0 aliphatic carbocycles. The summed E-state index contributed by atoms with van der Waals surface area (Å²) in [6.07, 6.45) is 0. The minimum absolute atomic E-state index is 0.204. The molecule has 0 saturated heterocycles. The van der Waals surface area contributed by atoms with E-state index in [1.54, 1.807) is 19.1 Å². The first-order chi connectivity index (χ1) is 9.02. The molecular weight excluding hydrogens is 239 g/mol. The van der Waals surface area contributed by atoms with E-state index in [9.17, 15) is 4.39 Å². The Bertz CT molecular complexity index is 573. The van der Waals surface area contributed by atoms with Crippen LogP contribution in [-0.2, 0) is 0 Å². The second-order valence-electron chi connectivity index (χ2n) is 5.00. The highest BCUT2D eigenvalue weighted by Crippen LogP contribution is 2.26. The fourth-order valence-corrected chi connectivity index (χ4v) is 2.44. The third kappa shape index (κ3) is 2.83. The van der Waals surface area contributed by atoms with E-state index in [2.05, 4.69) is 11.5 Å². The molecule has 0 saturated carbocycles. The van der Waals surface area contributed by atoms with Crippen molar-refractivity contribution in [3.8, 4) is 0 Å². The largest absolute Gasteiger partial charge is 0.271 e. The maximum Gasteiger partial charge on any atom is 0.131 e. The molecule has 2 rings (SSSR count). The molecule has 2 aromatic rings. The normalized spacial score (nSPS) is 12.5. The van der Waals surface area contributed by atoms with Gasteiger partial charge >= 0.3 is 0 Å². The standard InChI is InChI=1S/C16H19FN2/c1-10-7-11(2)9-13(8-10)16(19-18)14-6-4-5-12(3)15(14)17/h4-9,16,19H,18H2,1-3H3. The first kappa shape index (κ1) is 13.7. The molecule has 0 amide bonds. The molecule has 0 spiro atoms. The molecule has 1 atom stereocenters. The minimum Gasteiger partial charge on any atom is -0.271 e. The predicted octanol–water partition coefficient (Wildman–Crippen LogP) is 3.30. The zero-order chi connectivity index (χ0) is 14.0. The summed E-state index contributed by atoms with van der Waals surface area (Å²) in [5.74, 6) is 5.44. The third-order valence-corrected chi connectivity index (χ3v) is 3.28. The summed E-state index contributed by atoms with van der Waals surface area (Å²) < 4.78 is 14.2. The SMILES string of the molecule is Cc1cc(C)cc(C(NN)c2cccc(C)c2F)c1. The Morgan fingerprint density at radius 1 is 1.05 bits per heavy atom. The molecule has 2 nitrogen and oxygen atoms in total. The number of aryl methyl sites for hydroxylation is 3. The molecule has 1 unspecified atom stereocenters. The molecule has 0 heterocycles. The van der Waals surface area contributed by atoms with Crippen molar-refractivity contribution in [2.75, 3.05) is 0 Å². The van der Waals surface area contributed by atoms with Gasteiger partial charge in [0.2, 0.25) is 0 Å². The number of hydrogen-bond donors (Lipinski definition) is 2. The Kier molecular flexibility index (Phi) is 3.98. The zero-order valence-corrected chi connectivity index (χ0v) is 11.5. The molecule has 2 aromatic carbocycles. The second-order valence-corrected chi connectivity index (χ2v) is 5.00. The fraction of sp³-hybridized carbons (Fsp3) is 0.250. The maximum atomic E-state index is 14.2. The number of rotatable bonds is 3. The third-order valence-electron chi connectivity index (χ3n) is 3.28. The van der Waals surface area contributed by atoms with Crippen LogP contribution in [0.15, 0.2) is 36.4 Å². The lowest BCUT2D eigenvalue weighted by molar-refractivity contribution is 0.554. The number of halogens is 1. The van der Waals surface area contributed by atoms with Crippen molar-refractivity contribution in [3.63, 3.8) is 0 Å². The quantitative estimate of drug-likeness (QED) is 0.655. The van der Waals surface area contributed by atoms with E-state index in [-0.39, 0.29) is 11.9 Å². The van der Waals surface area contributed by atoms with Crippen molar-refractivity contribution in [2.45, 2.75) is 26.8 Å². The predicted molar refractivity (Wildman–Crippen MR) is 76.2 cm³/mol. The number of benzene rings is 2. The van der Waals surface area contributed by atoms with E-state index in [0.29, 0.717) is 11.1 Å². The van der Waals surface area contributed by atoms with E-state index in [0.717, 1.165) is 16.7 Å². The van der Waals surface area contributed by atoms with Gasteiger partial charge in [-0.15, -0.1) is 0 Å². The Hall–Kier alpha value is -1.71. The van der Waals surface area contributed by atoms with Gasteiger partial charge in [-0.3, -0.25) is 5.84 Å². The van der Waals surface area contributed by atoms with Crippen LogP contribution in [0.1, 0.15) is 33.9 Å². The Morgan fingerprint density at radius 2 is 1.68 bits per heavy atom. The van der Waals surface area contributed by atoms with Crippen LogP contribution in [-0.4, -0.2) is 0 Å². The lowest BCUT2D eigenvalue weighted by Gasteiger charge is -2.19. The van der Waals surface area contributed by atoms with Crippen LogP contribution in [0, 0.1) is 26.6 Å². The van der Waals surface area contributed by atoms with Crippen molar-refractivity contribution in [3.05, 3.63) is 70.0 Å². The van der Waals surface area contributed by atoms with Crippen molar-refractivity contribution < 1.29 is 4.39 Å². The van der Waals surface area contributed by atoms with Gasteiger partial charge < -0.3 is 0 Å². The van der Waals surface area contributed by atoms with Crippen LogP contribution in [0.25, 0.3) is 0 Å². The summed E-state index contributed by atoms with van der Waals surface area (Å²) in [4.78, 5) is 0. The van der Waals surface area contributed by atoms with Gasteiger partial charge in [0.15, 0.2) is 0 Å². The van der Waals surface area contributed by atoms with Gasteiger partial charge in [-0.2, -0.15) is 0 Å². The van der Waals surface area contributed by atoms with E-state index in [1.165, 1.54) is 0 Å². The Balaban J connectivity index is 2.53. The fourth-order valence-electron chi connectivity index (χ4n) is 2.44. The summed E-state index contributed by atoms with van der Waals surface area (Å²) >= 11 is 0. The van der Waals surface area contributed by atoms with Crippen molar-refractivity contribution in [2.24, 2.45) is 5.84 Å². The topological polar surface area (TPSA) is 38.0 Å². The smallest absolute Gasteiger partial charge is 0.131 e. The van der Waals surface area contributed by atoms with Gasteiger partial charge in [-0.1, -0.05) is 47.5 Å². The molecular formula is C16H19FN2. The molecule has 0 fully saturated rings. The van der Waals surface area contributed by atoms with Crippen LogP contribution in [0.3, 0.4) is 0 Å². The highest BCUT2D eigenvalue weighted by Gasteiger charge is 2.17. The maximum absolute atomic E-state index is 14.2. The second kappa shape index (κ2) is 5.51. The van der Waals surface area contributed by atoms with E-state index < -0.39 is 0 Å². The van der Waals surface area contributed by atoms with Crippen LogP contribution in [0.5, 0.6) is 0 Å². The first-order valence-corrected chi connectivity index (χ1v) is 6.32. The summed E-state index contributed by atoms with van der Waals surface area (Å²) in [6.45, 7) is 5.81. The molecule has 0 aliphatic rings. The number of hydrazine groups is 1. The van der Waals surface area contributed by atoms with Crippen molar-refractivity contribution in [1.29, 1.82) is 0 Å². The summed E-state index contributed by atoms with van der Waals surface area (Å²) in [7, 11) is 0. The first-order valence-electron chi connectivity index (χ1n) is 6.32. The number of nitrogens with one attached hydrogen (secondary N) is 1. The molecule has 0 bridgehead atoms. The lowest BCUT2D eigenvalue weighted by atomic mass is 9.94. The minimum atomic E-state index is -0.335. The summed E-state index contributed by atoms with van der Waals surface area (Å²) in [6, 6.07) is 11.2. The van der Waals surface area contributed by atoms with Gasteiger partial charge in [-0.05, 0) is 31.9 Å². The Morgan fingerprint density at radius 3 is 2.26 bits per heavy atom. The Labute approximate surface area is 113 Å². The van der Waals surface area contributed by atoms with Crippen LogP contribution in [0.2, 0.25) is 0 Å². The molecule has 3 N–H and O–H groups in total. The highest BCUT2D eigenvalue weighted by atomic mass is 19.1. The molecule has 19 heavy (non-hydrogen) atoms. The highest BCUT2D eigenvalue weighted by molar-refractivity contribution is 5.38. The van der Waals surface area contributed by atoms with Crippen LogP contribution >= 0.6 is 0 Å². The molecule has 0 aliphatic heterocycles. The number of hydrogen-bond acceptors (Lipinski definition) is 2. The molecule has 3 heteroatoms. The van der Waals surface area contributed by atoms with E-state index >= 15 is 0 Å². The van der Waals surface area contributed by atoms with Crippen molar-refractivity contribution >= 4 is 0 Å². The molecule has 0 aromatic heterocycles. The summed E-state index contributed by atoms with van der Waals surface area (Å²) in [5.41, 5.74) is 7.18. The van der Waals surface area contributed by atoms with Crippen LogP contribution < -0.4 is 11.3 Å². The van der Waals surface area contributed by atoms with Gasteiger partial charge in [0.1, 0.15) is 5.82 Å². The van der Waals surface area contributed by atoms with E-state index in [1.807, 2.05) is 32.0 Å². The van der Waals surface area contributed by atoms with Gasteiger partial charge in [-0.25, -0.2) is 9.82 Å². The average molecular weight is 258 g/mol. The molecule has 0 radical (unpaired) electrons. The van der Waals surface area contributed by atoms with Crippen LogP contribution in [0.4, 0.5) is 4.39 Å².